The Kier molecular flexibility index (Phi) is 6.46. The van der Waals surface area contributed by atoms with E-state index in [-0.39, 0.29) is 12.6 Å². The summed E-state index contributed by atoms with van der Waals surface area (Å²) in [4.78, 5) is 30.9. The van der Waals surface area contributed by atoms with Crippen molar-refractivity contribution in [1.82, 2.24) is 9.88 Å². The Labute approximate surface area is 183 Å². The fourth-order valence-electron chi connectivity index (χ4n) is 5.16. The topological polar surface area (TPSA) is 71.6 Å². The largest absolute Gasteiger partial charge is 0.462 e. The van der Waals surface area contributed by atoms with Gasteiger partial charge in [-0.1, -0.05) is 24.3 Å². The molecule has 0 saturated carbocycles. The third-order valence-electron chi connectivity index (χ3n) is 6.65. The molecule has 31 heavy (non-hydrogen) atoms. The van der Waals surface area contributed by atoms with Crippen LogP contribution in [0, 0.1) is 12.8 Å². The van der Waals surface area contributed by atoms with Gasteiger partial charge in [0.1, 0.15) is 5.69 Å². The lowest BCUT2D eigenvalue weighted by atomic mass is 9.80. The second-order valence-electron chi connectivity index (χ2n) is 8.62. The summed E-state index contributed by atoms with van der Waals surface area (Å²) in [6.45, 7) is 7.53. The first-order chi connectivity index (χ1) is 15.0. The monoisotopic (exact) mass is 424 g/mol. The van der Waals surface area contributed by atoms with Crippen LogP contribution in [0.2, 0.25) is 0 Å². The Morgan fingerprint density at radius 3 is 2.42 bits per heavy atom. The lowest BCUT2D eigenvalue weighted by Crippen LogP contribution is -2.46. The van der Waals surface area contributed by atoms with E-state index in [0.29, 0.717) is 41.9 Å². The molecule has 6 heteroatoms. The molecule has 0 unspecified atom stereocenters. The Morgan fingerprint density at radius 1 is 1.03 bits per heavy atom. The highest BCUT2D eigenvalue weighted by Gasteiger charge is 2.34. The van der Waals surface area contributed by atoms with E-state index in [9.17, 15) is 9.59 Å². The number of rotatable bonds is 6. The number of piperidine rings is 1. The molecule has 0 amide bonds. The normalized spacial score (nSPS) is 20.6. The van der Waals surface area contributed by atoms with Crippen LogP contribution in [0.5, 0.6) is 0 Å². The van der Waals surface area contributed by atoms with Crippen LogP contribution in [0.3, 0.4) is 0 Å². The SMILES string of the molecule is CCOC(=O)c1[nH]c(CN2C[C@H]3CC[C@@H]2Cc2ccccc2C3)c(C(=O)OCC)c1C. The Hall–Kier alpha value is -2.60. The van der Waals surface area contributed by atoms with E-state index in [0.717, 1.165) is 31.5 Å². The van der Waals surface area contributed by atoms with Crippen LogP contribution >= 0.6 is 0 Å². The van der Waals surface area contributed by atoms with E-state index < -0.39 is 5.97 Å². The molecule has 1 saturated heterocycles. The molecule has 1 aromatic carbocycles. The van der Waals surface area contributed by atoms with Gasteiger partial charge in [-0.15, -0.1) is 0 Å². The number of H-pyrrole nitrogens is 1. The first kappa shape index (κ1) is 21.6. The Morgan fingerprint density at radius 2 is 1.71 bits per heavy atom. The molecule has 2 aliphatic heterocycles. The van der Waals surface area contributed by atoms with Crippen LogP contribution in [0.1, 0.15) is 69.9 Å². The fourth-order valence-corrected chi connectivity index (χ4v) is 5.16. The van der Waals surface area contributed by atoms with Crippen molar-refractivity contribution in [2.24, 2.45) is 5.92 Å². The van der Waals surface area contributed by atoms with Crippen LogP contribution in [-0.2, 0) is 28.9 Å². The van der Waals surface area contributed by atoms with Crippen molar-refractivity contribution in [3.63, 3.8) is 0 Å². The van der Waals surface area contributed by atoms with Crippen molar-refractivity contribution in [2.45, 2.75) is 59.0 Å². The van der Waals surface area contributed by atoms with Gasteiger partial charge >= 0.3 is 11.9 Å². The van der Waals surface area contributed by atoms with Crippen LogP contribution in [0.25, 0.3) is 0 Å². The summed E-state index contributed by atoms with van der Waals surface area (Å²) >= 11 is 0. The van der Waals surface area contributed by atoms with E-state index in [1.54, 1.807) is 20.8 Å². The standard InChI is InChI=1S/C25H32N2O4/c1-4-30-24(28)22-16(3)23(25(29)31-5-2)26-21(22)15-27-14-17-10-11-20(27)13-19-9-7-6-8-18(19)12-17/h6-9,17,20,26H,4-5,10-15H2,1-3H3/t17-,20+/m0/s1. The number of nitrogens with one attached hydrogen (secondary N) is 1. The number of aromatic nitrogens is 1. The molecule has 2 bridgehead atoms. The smallest absolute Gasteiger partial charge is 0.355 e. The van der Waals surface area contributed by atoms with Gasteiger partial charge in [-0.05, 0) is 69.1 Å². The number of carbonyl (C=O) groups excluding carboxylic acids is 2. The number of aromatic amines is 1. The van der Waals surface area contributed by atoms with Gasteiger partial charge in [0.05, 0.1) is 18.8 Å². The maximum Gasteiger partial charge on any atom is 0.355 e. The van der Waals surface area contributed by atoms with E-state index >= 15 is 0 Å². The molecule has 1 fully saturated rings. The lowest BCUT2D eigenvalue weighted by molar-refractivity contribution is 0.0513. The molecule has 166 valence electrons. The van der Waals surface area contributed by atoms with Crippen LogP contribution in [0.15, 0.2) is 24.3 Å². The highest BCUT2D eigenvalue weighted by Crippen LogP contribution is 2.34. The minimum atomic E-state index is -0.431. The zero-order valence-electron chi connectivity index (χ0n) is 18.7. The van der Waals surface area contributed by atoms with Gasteiger partial charge < -0.3 is 14.5 Å². The molecule has 5 rings (SSSR count). The van der Waals surface area contributed by atoms with Gasteiger partial charge in [-0.2, -0.15) is 0 Å². The molecule has 6 nitrogen and oxygen atoms in total. The summed E-state index contributed by atoms with van der Waals surface area (Å²) in [7, 11) is 0. The zero-order valence-corrected chi connectivity index (χ0v) is 18.7. The van der Waals surface area contributed by atoms with Crippen molar-refractivity contribution in [3.05, 3.63) is 57.9 Å². The molecule has 0 spiro atoms. The molecule has 0 radical (unpaired) electrons. The summed E-state index contributed by atoms with van der Waals surface area (Å²) in [5, 5.41) is 0. The number of ether oxygens (including phenoxy) is 2. The minimum Gasteiger partial charge on any atom is -0.462 e. The van der Waals surface area contributed by atoms with Crippen molar-refractivity contribution in [1.29, 1.82) is 0 Å². The van der Waals surface area contributed by atoms with Crippen LogP contribution < -0.4 is 0 Å². The molecule has 1 N–H and O–H groups in total. The highest BCUT2D eigenvalue weighted by atomic mass is 16.5. The molecular weight excluding hydrogens is 392 g/mol. The third-order valence-corrected chi connectivity index (χ3v) is 6.65. The van der Waals surface area contributed by atoms with E-state index in [1.165, 1.54) is 17.5 Å². The Bertz CT molecular complexity index is 964. The maximum atomic E-state index is 12.8. The molecule has 2 atom stereocenters. The average molecular weight is 425 g/mol. The Balaban J connectivity index is 1.64. The van der Waals surface area contributed by atoms with Gasteiger partial charge in [0.2, 0.25) is 0 Å². The third kappa shape index (κ3) is 4.40. The molecular formula is C25H32N2O4. The maximum absolute atomic E-state index is 12.8. The average Bonchev–Trinajstić information content (AvgIpc) is 3.05. The molecule has 2 aromatic rings. The number of hydrogen-bond acceptors (Lipinski definition) is 5. The van der Waals surface area contributed by atoms with Crippen LogP contribution in [0.4, 0.5) is 0 Å². The molecule has 1 aliphatic carbocycles. The summed E-state index contributed by atoms with van der Waals surface area (Å²) in [5.74, 6) is -0.214. The van der Waals surface area contributed by atoms with Gasteiger partial charge in [0.25, 0.3) is 0 Å². The number of hydrogen-bond donors (Lipinski definition) is 1. The number of carbonyl (C=O) groups is 2. The second-order valence-corrected chi connectivity index (χ2v) is 8.62. The fraction of sp³-hybridized carbons (Fsp3) is 0.520. The van der Waals surface area contributed by atoms with Gasteiger partial charge in [-0.25, -0.2) is 9.59 Å². The van der Waals surface area contributed by atoms with Gasteiger partial charge in [-0.3, -0.25) is 4.90 Å². The molecule has 3 aliphatic rings. The predicted octanol–water partition coefficient (Wildman–Crippen LogP) is 4.06. The van der Waals surface area contributed by atoms with Crippen molar-refractivity contribution in [3.8, 4) is 0 Å². The number of fused-ring (bicyclic) bond motifs is 2. The zero-order chi connectivity index (χ0) is 22.0. The second kappa shape index (κ2) is 9.27. The van der Waals surface area contributed by atoms with Crippen LogP contribution in [-0.4, -0.2) is 47.6 Å². The predicted molar refractivity (Wildman–Crippen MR) is 118 cm³/mol. The van der Waals surface area contributed by atoms with E-state index in [1.807, 2.05) is 0 Å². The van der Waals surface area contributed by atoms with Gasteiger partial charge in [0, 0.05) is 24.8 Å². The number of benzene rings is 1. The summed E-state index contributed by atoms with van der Waals surface area (Å²) in [5.41, 5.74) is 5.09. The van der Waals surface area contributed by atoms with Crippen molar-refractivity contribution < 1.29 is 19.1 Å². The number of nitrogens with zero attached hydrogens (tertiary/aromatic N) is 1. The minimum absolute atomic E-state index is 0.288. The van der Waals surface area contributed by atoms with Crippen molar-refractivity contribution >= 4 is 11.9 Å². The molecule has 1 aromatic heterocycles. The quantitative estimate of drug-likeness (QED) is 0.708. The lowest BCUT2D eigenvalue weighted by Gasteiger charge is -2.42. The van der Waals surface area contributed by atoms with Crippen molar-refractivity contribution in [2.75, 3.05) is 19.8 Å². The first-order valence-electron chi connectivity index (χ1n) is 11.4. The number of esters is 2. The summed E-state index contributed by atoms with van der Waals surface area (Å²) in [6, 6.07) is 9.19. The first-order valence-corrected chi connectivity index (χ1v) is 11.4. The summed E-state index contributed by atoms with van der Waals surface area (Å²) < 4.78 is 10.5. The molecule has 3 heterocycles. The van der Waals surface area contributed by atoms with Gasteiger partial charge in [0.15, 0.2) is 0 Å². The highest BCUT2D eigenvalue weighted by molar-refractivity contribution is 5.98. The van der Waals surface area contributed by atoms with E-state index in [4.69, 9.17) is 9.47 Å². The summed E-state index contributed by atoms with van der Waals surface area (Å²) in [6.07, 6.45) is 4.50. The van der Waals surface area contributed by atoms with E-state index in [2.05, 4.69) is 34.1 Å².